The first-order chi connectivity index (χ1) is 10.2. The monoisotopic (exact) mass is 349 g/mol. The van der Waals surface area contributed by atoms with Gasteiger partial charge in [0.25, 0.3) is 0 Å². The van der Waals surface area contributed by atoms with Crippen molar-refractivity contribution < 1.29 is 14.6 Å². The SMILES string of the molecule is CC(O)CN(CCNCc1ncc(Cl)s1)C(=O)OC(C)(C)C. The molecule has 1 rings (SSSR count). The number of ether oxygens (including phenoxy) is 1. The number of nitrogens with one attached hydrogen (secondary N) is 1. The third-order valence-corrected chi connectivity index (χ3v) is 3.61. The van der Waals surface area contributed by atoms with Crippen molar-refractivity contribution in [1.82, 2.24) is 15.2 Å². The van der Waals surface area contributed by atoms with Crippen molar-refractivity contribution in [2.24, 2.45) is 0 Å². The maximum absolute atomic E-state index is 12.1. The Morgan fingerprint density at radius 1 is 1.59 bits per heavy atom. The lowest BCUT2D eigenvalue weighted by atomic mass is 10.2. The summed E-state index contributed by atoms with van der Waals surface area (Å²) < 4.78 is 5.99. The highest BCUT2D eigenvalue weighted by Crippen LogP contribution is 2.17. The van der Waals surface area contributed by atoms with Crippen LogP contribution in [0.4, 0.5) is 4.79 Å². The van der Waals surface area contributed by atoms with E-state index in [2.05, 4.69) is 10.3 Å². The molecule has 1 atom stereocenters. The van der Waals surface area contributed by atoms with Gasteiger partial charge in [-0.25, -0.2) is 9.78 Å². The lowest BCUT2D eigenvalue weighted by Crippen LogP contribution is -2.43. The molecule has 0 aliphatic heterocycles. The maximum Gasteiger partial charge on any atom is 0.410 e. The number of carbonyl (C=O) groups is 1. The predicted octanol–water partition coefficient (Wildman–Crippen LogP) is 2.50. The van der Waals surface area contributed by atoms with E-state index in [1.165, 1.54) is 16.2 Å². The molecule has 1 unspecified atom stereocenters. The van der Waals surface area contributed by atoms with Gasteiger partial charge >= 0.3 is 6.09 Å². The Morgan fingerprint density at radius 2 is 2.27 bits per heavy atom. The third kappa shape index (κ3) is 7.93. The van der Waals surface area contributed by atoms with E-state index in [4.69, 9.17) is 16.3 Å². The average Bonchev–Trinajstić information content (AvgIpc) is 2.76. The lowest BCUT2D eigenvalue weighted by Gasteiger charge is -2.28. The number of aromatic nitrogens is 1. The van der Waals surface area contributed by atoms with Crippen LogP contribution in [0.2, 0.25) is 4.34 Å². The Morgan fingerprint density at radius 3 is 2.77 bits per heavy atom. The summed E-state index contributed by atoms with van der Waals surface area (Å²) in [7, 11) is 0. The van der Waals surface area contributed by atoms with Crippen LogP contribution in [0, 0.1) is 0 Å². The van der Waals surface area contributed by atoms with Gasteiger partial charge in [0.2, 0.25) is 0 Å². The average molecular weight is 350 g/mol. The van der Waals surface area contributed by atoms with Crippen LogP contribution in [0.15, 0.2) is 6.20 Å². The van der Waals surface area contributed by atoms with Gasteiger partial charge in [0.05, 0.1) is 12.3 Å². The van der Waals surface area contributed by atoms with Crippen LogP contribution in [0.25, 0.3) is 0 Å². The van der Waals surface area contributed by atoms with Crippen molar-refractivity contribution in [2.45, 2.75) is 45.9 Å². The highest BCUT2D eigenvalue weighted by atomic mass is 35.5. The van der Waals surface area contributed by atoms with Crippen LogP contribution < -0.4 is 5.32 Å². The molecule has 1 amide bonds. The number of aliphatic hydroxyl groups excluding tert-OH is 1. The Labute approximate surface area is 140 Å². The molecule has 0 radical (unpaired) electrons. The van der Waals surface area contributed by atoms with Crippen LogP contribution in [0.5, 0.6) is 0 Å². The van der Waals surface area contributed by atoms with Gasteiger partial charge in [-0.15, -0.1) is 11.3 Å². The first-order valence-corrected chi connectivity index (χ1v) is 8.34. The number of nitrogens with zero attached hydrogens (tertiary/aromatic N) is 2. The fraction of sp³-hybridized carbons (Fsp3) is 0.714. The van der Waals surface area contributed by atoms with Crippen molar-refractivity contribution in [3.8, 4) is 0 Å². The first-order valence-electron chi connectivity index (χ1n) is 7.14. The van der Waals surface area contributed by atoms with Gasteiger partial charge in [-0.1, -0.05) is 11.6 Å². The molecule has 0 spiro atoms. The molecule has 8 heteroatoms. The zero-order valence-electron chi connectivity index (χ0n) is 13.4. The Hall–Kier alpha value is -0.890. The minimum absolute atomic E-state index is 0.236. The molecular formula is C14H24ClN3O3S. The van der Waals surface area contributed by atoms with Gasteiger partial charge in [0.15, 0.2) is 0 Å². The Kier molecular flexibility index (Phi) is 7.55. The predicted molar refractivity (Wildman–Crippen MR) is 88.3 cm³/mol. The van der Waals surface area contributed by atoms with Gasteiger partial charge in [-0.2, -0.15) is 0 Å². The molecule has 0 aromatic carbocycles. The smallest absolute Gasteiger partial charge is 0.410 e. The summed E-state index contributed by atoms with van der Waals surface area (Å²) in [4.78, 5) is 17.7. The van der Waals surface area contributed by atoms with Crippen molar-refractivity contribution in [2.75, 3.05) is 19.6 Å². The number of carbonyl (C=O) groups excluding carboxylic acids is 1. The molecule has 126 valence electrons. The van der Waals surface area contributed by atoms with Gasteiger partial charge in [0, 0.05) is 26.2 Å². The molecule has 1 heterocycles. The maximum atomic E-state index is 12.1. The standard InChI is InChI=1S/C14H24ClN3O3S/c1-10(19)9-18(13(20)21-14(2,3)4)6-5-16-8-12-17-7-11(15)22-12/h7,10,16,19H,5-6,8-9H2,1-4H3. The lowest BCUT2D eigenvalue weighted by molar-refractivity contribution is 0.0164. The van der Waals surface area contributed by atoms with Crippen LogP contribution in [0.3, 0.4) is 0 Å². The first kappa shape index (κ1) is 19.2. The molecule has 0 bridgehead atoms. The number of thiazole rings is 1. The van der Waals surface area contributed by atoms with E-state index in [1.807, 2.05) is 20.8 Å². The number of hydrogen-bond donors (Lipinski definition) is 2. The summed E-state index contributed by atoms with van der Waals surface area (Å²) in [6, 6.07) is 0. The second kappa shape index (κ2) is 8.67. The fourth-order valence-electron chi connectivity index (χ4n) is 1.68. The zero-order valence-corrected chi connectivity index (χ0v) is 15.0. The minimum atomic E-state index is -0.606. The number of halogens is 1. The highest BCUT2D eigenvalue weighted by Gasteiger charge is 2.22. The van der Waals surface area contributed by atoms with Gasteiger partial charge in [-0.3, -0.25) is 0 Å². The second-order valence-electron chi connectivity index (χ2n) is 6.01. The van der Waals surface area contributed by atoms with E-state index in [1.54, 1.807) is 13.1 Å². The molecule has 0 fully saturated rings. The Bertz CT molecular complexity index is 474. The number of hydrogen-bond acceptors (Lipinski definition) is 6. The highest BCUT2D eigenvalue weighted by molar-refractivity contribution is 7.15. The number of rotatable bonds is 7. The zero-order chi connectivity index (χ0) is 16.8. The summed E-state index contributed by atoms with van der Waals surface area (Å²) in [5, 5.41) is 13.6. The summed E-state index contributed by atoms with van der Waals surface area (Å²) in [6.07, 6.45) is 0.585. The van der Waals surface area contributed by atoms with E-state index in [0.29, 0.717) is 24.0 Å². The van der Waals surface area contributed by atoms with Gasteiger partial charge in [-0.05, 0) is 27.7 Å². The molecule has 0 saturated heterocycles. The van der Waals surface area contributed by atoms with E-state index in [-0.39, 0.29) is 6.54 Å². The van der Waals surface area contributed by atoms with Crippen molar-refractivity contribution in [3.05, 3.63) is 15.5 Å². The van der Waals surface area contributed by atoms with Crippen LogP contribution in [-0.4, -0.2) is 52.4 Å². The number of amides is 1. The van der Waals surface area contributed by atoms with E-state index in [0.717, 1.165) is 5.01 Å². The summed E-state index contributed by atoms with van der Waals surface area (Å²) in [6.45, 7) is 8.93. The molecule has 6 nitrogen and oxygen atoms in total. The molecular weight excluding hydrogens is 326 g/mol. The molecule has 0 aliphatic rings. The van der Waals surface area contributed by atoms with Crippen LogP contribution >= 0.6 is 22.9 Å². The summed E-state index contributed by atoms with van der Waals surface area (Å²) in [5.41, 5.74) is -0.556. The molecule has 2 N–H and O–H groups in total. The fourth-order valence-corrected chi connectivity index (χ4v) is 2.61. The second-order valence-corrected chi connectivity index (χ2v) is 7.76. The number of aliphatic hydroxyl groups is 1. The van der Waals surface area contributed by atoms with E-state index < -0.39 is 17.8 Å². The normalized spacial score (nSPS) is 13.0. The van der Waals surface area contributed by atoms with Crippen molar-refractivity contribution in [3.63, 3.8) is 0 Å². The summed E-state index contributed by atoms with van der Waals surface area (Å²) in [5.74, 6) is 0. The molecule has 0 aliphatic carbocycles. The summed E-state index contributed by atoms with van der Waals surface area (Å²) >= 11 is 7.23. The van der Waals surface area contributed by atoms with Crippen molar-refractivity contribution in [1.29, 1.82) is 0 Å². The largest absolute Gasteiger partial charge is 0.444 e. The third-order valence-electron chi connectivity index (χ3n) is 2.50. The van der Waals surface area contributed by atoms with Gasteiger partial charge < -0.3 is 20.1 Å². The van der Waals surface area contributed by atoms with Crippen molar-refractivity contribution >= 4 is 29.0 Å². The van der Waals surface area contributed by atoms with Crippen LogP contribution in [0.1, 0.15) is 32.7 Å². The van der Waals surface area contributed by atoms with E-state index >= 15 is 0 Å². The van der Waals surface area contributed by atoms with Crippen LogP contribution in [-0.2, 0) is 11.3 Å². The molecule has 1 aromatic heterocycles. The topological polar surface area (TPSA) is 74.7 Å². The van der Waals surface area contributed by atoms with E-state index in [9.17, 15) is 9.90 Å². The minimum Gasteiger partial charge on any atom is -0.444 e. The molecule has 0 saturated carbocycles. The van der Waals surface area contributed by atoms with Gasteiger partial charge in [0.1, 0.15) is 14.9 Å². The Balaban J connectivity index is 2.42. The molecule has 1 aromatic rings. The molecule has 22 heavy (non-hydrogen) atoms. The quantitative estimate of drug-likeness (QED) is 0.740.